The zero-order chi connectivity index (χ0) is 28.9. The van der Waals surface area contributed by atoms with E-state index in [9.17, 15) is 45.3 Å². The lowest BCUT2D eigenvalue weighted by Crippen LogP contribution is -2.63. The van der Waals surface area contributed by atoms with Crippen molar-refractivity contribution in [3.63, 3.8) is 0 Å². The molecular weight excluding hydrogens is 528 g/mol. The lowest BCUT2D eigenvalue weighted by Gasteiger charge is -2.44. The minimum Gasteiger partial charge on any atom is -0.507 e. The molecule has 2 saturated heterocycles. The van der Waals surface area contributed by atoms with Gasteiger partial charge in [-0.3, -0.25) is 0 Å². The van der Waals surface area contributed by atoms with Gasteiger partial charge in [0.15, 0.2) is 18.7 Å². The molecule has 0 radical (unpaired) electrons. The summed E-state index contributed by atoms with van der Waals surface area (Å²) in [6.45, 7) is -1.90. The number of carbonyl (C=O) groups excluding carboxylic acids is 2. The van der Waals surface area contributed by atoms with Crippen molar-refractivity contribution in [3.8, 4) is 5.75 Å². The number of benzene rings is 1. The van der Waals surface area contributed by atoms with Gasteiger partial charge in [0.2, 0.25) is 0 Å². The van der Waals surface area contributed by atoms with Crippen molar-refractivity contribution in [2.24, 2.45) is 5.92 Å². The zero-order valence-electron chi connectivity index (χ0n) is 20.9. The second-order valence-corrected chi connectivity index (χ2v) is 9.03. The molecule has 16 heteroatoms. The van der Waals surface area contributed by atoms with Gasteiger partial charge in [0.05, 0.1) is 25.4 Å². The van der Waals surface area contributed by atoms with Gasteiger partial charge in [-0.25, -0.2) is 9.59 Å². The highest BCUT2D eigenvalue weighted by Crippen LogP contribution is 2.28. The van der Waals surface area contributed by atoms with E-state index in [1.165, 1.54) is 25.2 Å². The molecule has 2 aliphatic rings. The number of nitrogens with one attached hydrogen (secondary N) is 1. The van der Waals surface area contributed by atoms with E-state index in [0.717, 1.165) is 0 Å². The number of nitrogens with two attached hydrogens (primary N) is 1. The molecular formula is C23H34N2O14. The summed E-state index contributed by atoms with van der Waals surface area (Å²) in [4.78, 5) is 24.6. The fourth-order valence-electron chi connectivity index (χ4n) is 4.29. The molecule has 0 aromatic heterocycles. The molecule has 16 nitrogen and oxygen atoms in total. The van der Waals surface area contributed by atoms with Crippen LogP contribution < -0.4 is 11.1 Å². The maximum atomic E-state index is 12.5. The van der Waals surface area contributed by atoms with Gasteiger partial charge in [-0.2, -0.15) is 0 Å². The smallest absolute Gasteiger partial charge is 0.342 e. The number of hydrogen-bond acceptors (Lipinski definition) is 16. The summed E-state index contributed by atoms with van der Waals surface area (Å²) in [5.41, 5.74) is 5.59. The molecule has 2 aliphatic heterocycles. The van der Waals surface area contributed by atoms with E-state index in [-0.39, 0.29) is 23.6 Å². The topological polar surface area (TPSA) is 260 Å². The van der Waals surface area contributed by atoms with E-state index < -0.39 is 92.9 Å². The third-order valence-corrected chi connectivity index (χ3v) is 6.47. The minimum absolute atomic E-state index is 0.197. The molecule has 2 heterocycles. The van der Waals surface area contributed by atoms with Gasteiger partial charge in [-0.05, 0) is 25.2 Å². The van der Waals surface area contributed by atoms with Gasteiger partial charge >= 0.3 is 11.9 Å². The van der Waals surface area contributed by atoms with Gasteiger partial charge in [-0.15, -0.1) is 0 Å². The van der Waals surface area contributed by atoms with Gasteiger partial charge in [0, 0.05) is 11.6 Å². The number of aliphatic hydroxyl groups is 6. The number of carbonyl (C=O) groups is 2. The number of aliphatic hydroxyl groups excluding tert-OH is 6. The monoisotopic (exact) mass is 562 g/mol. The Morgan fingerprint density at radius 1 is 1.00 bits per heavy atom. The number of phenols is 1. The van der Waals surface area contributed by atoms with Gasteiger partial charge in [0.1, 0.15) is 48.9 Å². The van der Waals surface area contributed by atoms with E-state index in [1.807, 2.05) is 0 Å². The second-order valence-electron chi connectivity index (χ2n) is 9.03. The van der Waals surface area contributed by atoms with E-state index >= 15 is 0 Å². The Morgan fingerprint density at radius 3 is 2.36 bits per heavy atom. The lowest BCUT2D eigenvalue weighted by atomic mass is 9.88. The molecule has 10 N–H and O–H groups in total. The summed E-state index contributed by atoms with van der Waals surface area (Å²) < 4.78 is 25.9. The summed E-state index contributed by atoms with van der Waals surface area (Å²) in [7, 11) is 1.49. The minimum atomic E-state index is -1.90. The largest absolute Gasteiger partial charge is 0.507 e. The van der Waals surface area contributed by atoms with E-state index in [1.54, 1.807) is 0 Å². The van der Waals surface area contributed by atoms with Crippen LogP contribution in [0.1, 0.15) is 10.4 Å². The highest BCUT2D eigenvalue weighted by molar-refractivity contribution is 5.93. The first-order chi connectivity index (χ1) is 18.5. The Balaban J connectivity index is 1.55. The van der Waals surface area contributed by atoms with Gasteiger partial charge < -0.3 is 70.5 Å². The lowest BCUT2D eigenvalue weighted by molar-refractivity contribution is -0.306. The highest BCUT2D eigenvalue weighted by atomic mass is 16.7. The third kappa shape index (κ3) is 7.12. The van der Waals surface area contributed by atoms with Crippen molar-refractivity contribution in [1.82, 2.24) is 5.32 Å². The first-order valence-corrected chi connectivity index (χ1v) is 12.0. The van der Waals surface area contributed by atoms with Gasteiger partial charge in [0.25, 0.3) is 0 Å². The fraction of sp³-hybridized carbons (Fsp3) is 0.652. The van der Waals surface area contributed by atoms with Gasteiger partial charge in [-0.1, -0.05) is 0 Å². The quantitative estimate of drug-likeness (QED) is 0.0566. The summed E-state index contributed by atoms with van der Waals surface area (Å²) in [5.74, 6) is -3.34. The molecule has 0 bridgehead atoms. The fourth-order valence-corrected chi connectivity index (χ4v) is 4.29. The number of nitrogen functional groups attached to an aromatic ring is 1. The Morgan fingerprint density at radius 2 is 1.69 bits per heavy atom. The Kier molecular flexibility index (Phi) is 10.8. The maximum Gasteiger partial charge on any atom is 0.342 e. The third-order valence-electron chi connectivity index (χ3n) is 6.47. The number of ether oxygens (including phenoxy) is 5. The molecule has 0 aliphatic carbocycles. The second kappa shape index (κ2) is 13.6. The molecule has 0 spiro atoms. The molecule has 2 fully saturated rings. The molecule has 220 valence electrons. The number of aromatic hydroxyl groups is 1. The van der Waals surface area contributed by atoms with Crippen LogP contribution in [0.15, 0.2) is 18.2 Å². The van der Waals surface area contributed by atoms with Crippen LogP contribution in [0.5, 0.6) is 5.75 Å². The van der Waals surface area contributed by atoms with Crippen LogP contribution in [0.25, 0.3) is 0 Å². The van der Waals surface area contributed by atoms with E-state index in [2.05, 4.69) is 5.32 Å². The van der Waals surface area contributed by atoms with E-state index in [0.29, 0.717) is 0 Å². The number of hydrogen-bond donors (Lipinski definition) is 9. The summed E-state index contributed by atoms with van der Waals surface area (Å²) in [6, 6.07) is 2.94. The number of esters is 2. The van der Waals surface area contributed by atoms with E-state index in [4.69, 9.17) is 29.4 Å². The first kappa shape index (κ1) is 30.9. The van der Waals surface area contributed by atoms with Crippen molar-refractivity contribution in [2.75, 3.05) is 39.2 Å². The van der Waals surface area contributed by atoms with Crippen LogP contribution >= 0.6 is 0 Å². The predicted octanol–water partition coefficient (Wildman–Crippen LogP) is -4.23. The SMILES string of the molecule is CNC1[C@H](O)OC(CO)[C@H](O)[C@@H]1CO[C@@H]1OC(C(=O)OCCOC(=O)c2cc(N)ccc2O)[C@H](O)[C@H](O)C1O. The molecule has 4 unspecified atom stereocenters. The first-order valence-electron chi connectivity index (χ1n) is 12.0. The summed E-state index contributed by atoms with van der Waals surface area (Å²) in [5, 5.41) is 73.3. The number of phenolic OH excluding ortho intramolecular Hbond substituents is 1. The van der Waals surface area contributed by atoms with Crippen LogP contribution in [0, 0.1) is 5.92 Å². The average molecular weight is 563 g/mol. The van der Waals surface area contributed by atoms with Crippen molar-refractivity contribution >= 4 is 17.6 Å². The molecule has 0 amide bonds. The predicted molar refractivity (Wildman–Crippen MR) is 127 cm³/mol. The van der Waals surface area contributed by atoms with Crippen molar-refractivity contribution < 1.29 is 69.0 Å². The Labute approximate surface area is 222 Å². The molecule has 3 rings (SSSR count). The highest BCUT2D eigenvalue weighted by Gasteiger charge is 2.49. The standard InChI is InChI=1S/C23H34N2O14/c1-25-14-11(15(28)13(7-26)38-21(14)33)8-37-23-18(31)16(29)17(30)19(39-23)22(34)36-5-4-35-20(32)10-6-9(24)2-3-12(10)27/h2-3,6,11,13-19,21,23,25-31,33H,4-5,7-8,24H2,1H3/t11-,13?,14?,15-,16+,17-,18?,19?,21-,23-/m1/s1. The summed E-state index contributed by atoms with van der Waals surface area (Å²) >= 11 is 0. The molecule has 0 saturated carbocycles. The zero-order valence-corrected chi connectivity index (χ0v) is 20.9. The maximum absolute atomic E-state index is 12.5. The number of likely N-dealkylation sites (N-methyl/N-ethyl adjacent to an activating group) is 1. The van der Waals surface area contributed by atoms with Crippen LogP contribution in [-0.4, -0.2) is 136 Å². The molecule has 10 atom stereocenters. The van der Waals surface area contributed by atoms with Crippen LogP contribution in [0.3, 0.4) is 0 Å². The normalized spacial score (nSPS) is 34.8. The number of rotatable bonds is 10. The molecule has 1 aromatic rings. The number of anilines is 1. The van der Waals surface area contributed by atoms with Crippen molar-refractivity contribution in [2.45, 2.75) is 55.2 Å². The average Bonchev–Trinajstić information content (AvgIpc) is 2.91. The molecule has 1 aromatic carbocycles. The summed E-state index contributed by atoms with van der Waals surface area (Å²) in [6.07, 6.45) is -12.9. The van der Waals surface area contributed by atoms with Crippen LogP contribution in [0.2, 0.25) is 0 Å². The Bertz CT molecular complexity index is 982. The van der Waals surface area contributed by atoms with Crippen LogP contribution in [-0.2, 0) is 28.5 Å². The Hall–Kier alpha value is -2.64. The van der Waals surface area contributed by atoms with Crippen molar-refractivity contribution in [1.29, 1.82) is 0 Å². The van der Waals surface area contributed by atoms with Crippen molar-refractivity contribution in [3.05, 3.63) is 23.8 Å². The van der Waals surface area contributed by atoms with Crippen LogP contribution in [0.4, 0.5) is 5.69 Å². The molecule has 39 heavy (non-hydrogen) atoms.